The highest BCUT2D eigenvalue weighted by atomic mass is 32.1. The van der Waals surface area contributed by atoms with Crippen LogP contribution in [0.4, 0.5) is 0 Å². The largest absolute Gasteiger partial charge is 0.465 e. The Morgan fingerprint density at radius 1 is 1.43 bits per heavy atom. The summed E-state index contributed by atoms with van der Waals surface area (Å²) in [6.45, 7) is 1.86. The molecule has 0 saturated carbocycles. The van der Waals surface area contributed by atoms with Gasteiger partial charge in [-0.1, -0.05) is 6.07 Å². The fourth-order valence-electron chi connectivity index (χ4n) is 1.88. The number of amides is 1. The molecule has 0 bridgehead atoms. The van der Waals surface area contributed by atoms with Crippen LogP contribution < -0.4 is 5.43 Å². The van der Waals surface area contributed by atoms with Crippen LogP contribution in [0.25, 0.3) is 16.6 Å². The number of aromatic nitrogens is 2. The SMILES string of the molecule is CC(C=NNC(=O)c1cc(-c2cccs2)[nH]n1)=Cc1ccco1. The van der Waals surface area contributed by atoms with Gasteiger partial charge < -0.3 is 4.42 Å². The van der Waals surface area contributed by atoms with E-state index in [1.807, 2.05) is 36.6 Å². The third-order valence-corrected chi connectivity index (χ3v) is 3.85. The van der Waals surface area contributed by atoms with E-state index in [0.717, 1.165) is 21.9 Å². The van der Waals surface area contributed by atoms with Crippen molar-refractivity contribution in [3.63, 3.8) is 0 Å². The number of hydrazone groups is 1. The van der Waals surface area contributed by atoms with Crippen molar-refractivity contribution in [3.05, 3.63) is 59.0 Å². The Morgan fingerprint density at radius 3 is 3.09 bits per heavy atom. The summed E-state index contributed by atoms with van der Waals surface area (Å²) in [6, 6.07) is 9.24. The molecule has 6 nitrogen and oxygen atoms in total. The van der Waals surface area contributed by atoms with E-state index < -0.39 is 0 Å². The number of allylic oxidation sites excluding steroid dienone is 1. The maximum Gasteiger partial charge on any atom is 0.291 e. The number of rotatable bonds is 5. The van der Waals surface area contributed by atoms with Crippen LogP contribution in [0.2, 0.25) is 0 Å². The van der Waals surface area contributed by atoms with E-state index in [0.29, 0.717) is 5.69 Å². The fourth-order valence-corrected chi connectivity index (χ4v) is 2.57. The number of hydrogen-bond donors (Lipinski definition) is 2. The molecule has 0 fully saturated rings. The molecule has 0 atom stereocenters. The summed E-state index contributed by atoms with van der Waals surface area (Å²) in [4.78, 5) is 13.0. The van der Waals surface area contributed by atoms with Crippen molar-refractivity contribution >= 4 is 29.5 Å². The lowest BCUT2D eigenvalue weighted by Gasteiger charge is -1.95. The Labute approximate surface area is 136 Å². The number of nitrogens with one attached hydrogen (secondary N) is 2. The van der Waals surface area contributed by atoms with Crippen molar-refractivity contribution in [1.82, 2.24) is 15.6 Å². The lowest BCUT2D eigenvalue weighted by Crippen LogP contribution is -2.17. The molecule has 3 rings (SSSR count). The fraction of sp³-hybridized carbons (Fsp3) is 0.0625. The topological polar surface area (TPSA) is 83.3 Å². The Kier molecular flexibility index (Phi) is 4.49. The number of furan rings is 1. The molecule has 0 aliphatic heterocycles. The predicted molar refractivity (Wildman–Crippen MR) is 90.2 cm³/mol. The smallest absolute Gasteiger partial charge is 0.291 e. The first kappa shape index (κ1) is 15.0. The molecular formula is C16H14N4O2S. The summed E-state index contributed by atoms with van der Waals surface area (Å²) < 4.78 is 5.20. The number of carbonyl (C=O) groups is 1. The van der Waals surface area contributed by atoms with Crippen LogP contribution in [0, 0.1) is 0 Å². The number of H-pyrrole nitrogens is 1. The second-order valence-corrected chi connectivity index (χ2v) is 5.69. The van der Waals surface area contributed by atoms with Crippen LogP contribution in [0.1, 0.15) is 23.2 Å². The first-order valence-electron chi connectivity index (χ1n) is 6.87. The van der Waals surface area contributed by atoms with Crippen molar-refractivity contribution in [3.8, 4) is 10.6 Å². The quantitative estimate of drug-likeness (QED) is 0.555. The molecule has 0 aliphatic carbocycles. The van der Waals surface area contributed by atoms with Gasteiger partial charge in [-0.05, 0) is 48.2 Å². The van der Waals surface area contributed by atoms with Crippen LogP contribution in [0.3, 0.4) is 0 Å². The average molecular weight is 326 g/mol. The molecule has 0 unspecified atom stereocenters. The second kappa shape index (κ2) is 6.89. The molecular weight excluding hydrogens is 312 g/mol. The highest BCUT2D eigenvalue weighted by Gasteiger charge is 2.10. The molecule has 0 saturated heterocycles. The standard InChI is InChI=1S/C16H14N4O2S/c1-11(8-12-4-2-6-22-12)10-17-20-16(21)14-9-13(18-19-14)15-5-3-7-23-15/h2-10H,1H3,(H,18,19)(H,20,21). The van der Waals surface area contributed by atoms with E-state index >= 15 is 0 Å². The van der Waals surface area contributed by atoms with Gasteiger partial charge in [-0.25, -0.2) is 5.43 Å². The van der Waals surface area contributed by atoms with Crippen LogP contribution in [-0.2, 0) is 0 Å². The van der Waals surface area contributed by atoms with E-state index in [2.05, 4.69) is 20.7 Å². The number of carbonyl (C=O) groups excluding carboxylic acids is 1. The molecule has 1 amide bonds. The van der Waals surface area contributed by atoms with Gasteiger partial charge in [-0.15, -0.1) is 11.3 Å². The first-order valence-corrected chi connectivity index (χ1v) is 7.75. The Morgan fingerprint density at radius 2 is 2.35 bits per heavy atom. The molecule has 0 aliphatic rings. The highest BCUT2D eigenvalue weighted by molar-refractivity contribution is 7.13. The van der Waals surface area contributed by atoms with Crippen molar-refractivity contribution in [2.24, 2.45) is 5.10 Å². The van der Waals surface area contributed by atoms with Crippen LogP contribution in [-0.4, -0.2) is 22.3 Å². The highest BCUT2D eigenvalue weighted by Crippen LogP contribution is 2.22. The van der Waals surface area contributed by atoms with E-state index in [4.69, 9.17) is 4.42 Å². The van der Waals surface area contributed by atoms with Gasteiger partial charge in [0.15, 0.2) is 5.69 Å². The van der Waals surface area contributed by atoms with Crippen molar-refractivity contribution in [2.75, 3.05) is 0 Å². The van der Waals surface area contributed by atoms with E-state index in [9.17, 15) is 4.79 Å². The van der Waals surface area contributed by atoms with E-state index in [-0.39, 0.29) is 5.91 Å². The minimum atomic E-state index is -0.369. The zero-order valence-electron chi connectivity index (χ0n) is 12.3. The zero-order valence-corrected chi connectivity index (χ0v) is 13.1. The van der Waals surface area contributed by atoms with Gasteiger partial charge in [0.2, 0.25) is 0 Å². The molecule has 0 spiro atoms. The molecule has 3 heterocycles. The van der Waals surface area contributed by atoms with Crippen molar-refractivity contribution in [2.45, 2.75) is 6.92 Å². The van der Waals surface area contributed by atoms with Gasteiger partial charge in [-0.3, -0.25) is 9.89 Å². The molecule has 3 aromatic heterocycles. The predicted octanol–water partition coefficient (Wildman–Crippen LogP) is 3.55. The maximum absolute atomic E-state index is 12.0. The summed E-state index contributed by atoms with van der Waals surface area (Å²) in [7, 11) is 0. The zero-order chi connectivity index (χ0) is 16.1. The number of thiophene rings is 1. The summed E-state index contributed by atoms with van der Waals surface area (Å²) in [5.41, 5.74) is 4.40. The van der Waals surface area contributed by atoms with Crippen LogP contribution in [0.15, 0.2) is 57.1 Å². The minimum absolute atomic E-state index is 0.290. The summed E-state index contributed by atoms with van der Waals surface area (Å²) in [6.07, 6.45) is 4.97. The Hall–Kier alpha value is -2.93. The van der Waals surface area contributed by atoms with Gasteiger partial charge >= 0.3 is 0 Å². The maximum atomic E-state index is 12.0. The lowest BCUT2D eigenvalue weighted by molar-refractivity contribution is 0.0950. The Balaban J connectivity index is 1.60. The normalized spacial score (nSPS) is 12.0. The number of hydrogen-bond acceptors (Lipinski definition) is 5. The van der Waals surface area contributed by atoms with Crippen molar-refractivity contribution in [1.29, 1.82) is 0 Å². The van der Waals surface area contributed by atoms with Gasteiger partial charge in [-0.2, -0.15) is 10.2 Å². The molecule has 0 radical (unpaired) electrons. The Bertz CT molecular complexity index is 829. The van der Waals surface area contributed by atoms with Gasteiger partial charge in [0.25, 0.3) is 5.91 Å². The third-order valence-electron chi connectivity index (χ3n) is 2.94. The molecule has 2 N–H and O–H groups in total. The number of nitrogens with zero attached hydrogens (tertiary/aromatic N) is 2. The van der Waals surface area contributed by atoms with Crippen LogP contribution >= 0.6 is 11.3 Å². The summed E-state index contributed by atoms with van der Waals surface area (Å²) in [5.74, 6) is 0.360. The summed E-state index contributed by atoms with van der Waals surface area (Å²) in [5, 5.41) is 12.7. The number of aromatic amines is 1. The third kappa shape index (κ3) is 3.83. The molecule has 3 aromatic rings. The molecule has 116 valence electrons. The molecule has 7 heteroatoms. The second-order valence-electron chi connectivity index (χ2n) is 4.75. The van der Waals surface area contributed by atoms with Gasteiger partial charge in [0, 0.05) is 0 Å². The molecule has 0 aromatic carbocycles. The van der Waals surface area contributed by atoms with Gasteiger partial charge in [0.05, 0.1) is 23.0 Å². The first-order chi connectivity index (χ1) is 11.2. The molecule has 23 heavy (non-hydrogen) atoms. The van der Waals surface area contributed by atoms with E-state index in [1.54, 1.807) is 35.9 Å². The van der Waals surface area contributed by atoms with E-state index in [1.165, 1.54) is 0 Å². The average Bonchev–Trinajstić information content (AvgIpc) is 3.28. The monoisotopic (exact) mass is 326 g/mol. The lowest BCUT2D eigenvalue weighted by atomic mass is 10.3. The summed E-state index contributed by atoms with van der Waals surface area (Å²) >= 11 is 1.58. The van der Waals surface area contributed by atoms with Gasteiger partial charge in [0.1, 0.15) is 5.76 Å². The minimum Gasteiger partial charge on any atom is -0.465 e. The van der Waals surface area contributed by atoms with Crippen LogP contribution in [0.5, 0.6) is 0 Å². The van der Waals surface area contributed by atoms with Crippen molar-refractivity contribution < 1.29 is 9.21 Å².